The van der Waals surface area contributed by atoms with Crippen LogP contribution >= 0.6 is 0 Å². The van der Waals surface area contributed by atoms with Gasteiger partial charge in [0.1, 0.15) is 0 Å². The molecule has 0 bridgehead atoms. The van der Waals surface area contributed by atoms with Gasteiger partial charge in [0.2, 0.25) is 5.91 Å². The summed E-state index contributed by atoms with van der Waals surface area (Å²) in [6, 6.07) is 10.0. The maximum atomic E-state index is 12.0. The monoisotopic (exact) mass is 234 g/mol. The smallest absolute Gasteiger partial charge is 0.223 e. The fraction of sp³-hybridized carbons (Fsp3) is 0.500. The maximum absolute atomic E-state index is 12.0. The highest BCUT2D eigenvalue weighted by atomic mass is 16.1. The molecule has 0 aromatic heterocycles. The maximum Gasteiger partial charge on any atom is 0.223 e. The van der Waals surface area contributed by atoms with Gasteiger partial charge in [0.05, 0.1) is 6.04 Å². The summed E-state index contributed by atoms with van der Waals surface area (Å²) in [4.78, 5) is 12.0. The molecule has 0 heterocycles. The number of amides is 1. The molecule has 1 aromatic rings. The Kier molecular flexibility index (Phi) is 5.70. The van der Waals surface area contributed by atoms with Crippen molar-refractivity contribution in [3.8, 4) is 0 Å². The van der Waals surface area contributed by atoms with E-state index in [0.717, 1.165) is 18.4 Å². The lowest BCUT2D eigenvalue weighted by Crippen LogP contribution is -2.33. The lowest BCUT2D eigenvalue weighted by Gasteiger charge is -2.19. The van der Waals surface area contributed by atoms with Gasteiger partial charge in [-0.15, -0.1) is 0 Å². The van der Waals surface area contributed by atoms with Gasteiger partial charge >= 0.3 is 0 Å². The minimum Gasteiger partial charge on any atom is -0.349 e. The van der Waals surface area contributed by atoms with E-state index >= 15 is 0 Å². The summed E-state index contributed by atoms with van der Waals surface area (Å²) in [5.41, 5.74) is 6.63. The van der Waals surface area contributed by atoms with Gasteiger partial charge in [0.15, 0.2) is 0 Å². The molecule has 2 unspecified atom stereocenters. The van der Waals surface area contributed by atoms with Crippen molar-refractivity contribution in [3.05, 3.63) is 35.9 Å². The number of rotatable bonds is 6. The molecule has 3 nitrogen and oxygen atoms in total. The van der Waals surface area contributed by atoms with Crippen molar-refractivity contribution in [2.45, 2.75) is 32.7 Å². The molecule has 2 atom stereocenters. The van der Waals surface area contributed by atoms with Crippen LogP contribution in [0.2, 0.25) is 0 Å². The third-order valence-electron chi connectivity index (χ3n) is 3.04. The van der Waals surface area contributed by atoms with Crippen LogP contribution in [0.3, 0.4) is 0 Å². The summed E-state index contributed by atoms with van der Waals surface area (Å²) < 4.78 is 0. The van der Waals surface area contributed by atoms with Gasteiger partial charge in [0, 0.05) is 5.92 Å². The second kappa shape index (κ2) is 7.07. The van der Waals surface area contributed by atoms with Crippen LogP contribution in [-0.2, 0) is 4.79 Å². The Morgan fingerprint density at radius 3 is 2.53 bits per heavy atom. The van der Waals surface area contributed by atoms with Gasteiger partial charge in [-0.3, -0.25) is 4.79 Å². The third kappa shape index (κ3) is 4.19. The number of carbonyl (C=O) groups is 1. The highest BCUT2D eigenvalue weighted by Gasteiger charge is 2.17. The quantitative estimate of drug-likeness (QED) is 0.793. The van der Waals surface area contributed by atoms with Crippen LogP contribution < -0.4 is 11.1 Å². The minimum atomic E-state index is 0.0335. The molecule has 0 saturated carbocycles. The summed E-state index contributed by atoms with van der Waals surface area (Å²) in [5, 5.41) is 3.04. The lowest BCUT2D eigenvalue weighted by molar-refractivity contribution is -0.125. The molecule has 3 N–H and O–H groups in total. The van der Waals surface area contributed by atoms with Crippen LogP contribution in [-0.4, -0.2) is 12.5 Å². The Morgan fingerprint density at radius 2 is 2.00 bits per heavy atom. The zero-order chi connectivity index (χ0) is 12.7. The van der Waals surface area contributed by atoms with E-state index in [9.17, 15) is 4.79 Å². The molecule has 1 rings (SSSR count). The van der Waals surface area contributed by atoms with Gasteiger partial charge in [-0.1, -0.05) is 37.3 Å². The van der Waals surface area contributed by atoms with Gasteiger partial charge in [-0.25, -0.2) is 0 Å². The van der Waals surface area contributed by atoms with Crippen molar-refractivity contribution in [1.82, 2.24) is 5.32 Å². The van der Waals surface area contributed by atoms with Crippen molar-refractivity contribution < 1.29 is 4.79 Å². The van der Waals surface area contributed by atoms with E-state index in [4.69, 9.17) is 5.73 Å². The van der Waals surface area contributed by atoms with Crippen molar-refractivity contribution in [2.24, 2.45) is 11.7 Å². The van der Waals surface area contributed by atoms with E-state index in [1.807, 2.05) is 44.2 Å². The van der Waals surface area contributed by atoms with Crippen molar-refractivity contribution in [3.63, 3.8) is 0 Å². The Morgan fingerprint density at radius 1 is 1.35 bits per heavy atom. The van der Waals surface area contributed by atoms with Crippen LogP contribution in [0.5, 0.6) is 0 Å². The molecular formula is C14H22N2O. The predicted octanol–water partition coefficient (Wildman–Crippen LogP) is 2.24. The van der Waals surface area contributed by atoms with E-state index in [0.29, 0.717) is 6.54 Å². The fourth-order valence-corrected chi connectivity index (χ4v) is 1.88. The zero-order valence-electron chi connectivity index (χ0n) is 10.6. The average molecular weight is 234 g/mol. The fourth-order valence-electron chi connectivity index (χ4n) is 1.88. The summed E-state index contributed by atoms with van der Waals surface area (Å²) in [6.45, 7) is 4.58. The SMILES string of the molecule is CCC(CCN)C(=O)NC(C)c1ccccc1. The van der Waals surface area contributed by atoms with Crippen LogP contribution in [0.25, 0.3) is 0 Å². The number of carbonyl (C=O) groups excluding carboxylic acids is 1. The third-order valence-corrected chi connectivity index (χ3v) is 3.04. The van der Waals surface area contributed by atoms with Crippen molar-refractivity contribution in [2.75, 3.05) is 6.54 Å². The normalized spacial score (nSPS) is 14.1. The molecule has 0 aliphatic carbocycles. The Labute approximate surface area is 103 Å². The van der Waals surface area contributed by atoms with Crippen molar-refractivity contribution >= 4 is 5.91 Å². The molecule has 0 aliphatic heterocycles. The van der Waals surface area contributed by atoms with Gasteiger partial charge in [-0.05, 0) is 31.9 Å². The first-order chi connectivity index (χ1) is 8.19. The summed E-state index contributed by atoms with van der Waals surface area (Å²) >= 11 is 0. The molecule has 0 saturated heterocycles. The second-order valence-corrected chi connectivity index (χ2v) is 4.32. The number of nitrogens with one attached hydrogen (secondary N) is 1. The van der Waals surface area contributed by atoms with E-state index in [1.54, 1.807) is 0 Å². The van der Waals surface area contributed by atoms with Crippen molar-refractivity contribution in [1.29, 1.82) is 0 Å². The molecule has 0 fully saturated rings. The van der Waals surface area contributed by atoms with Gasteiger partial charge < -0.3 is 11.1 Å². The molecular weight excluding hydrogens is 212 g/mol. The van der Waals surface area contributed by atoms with E-state index < -0.39 is 0 Å². The van der Waals surface area contributed by atoms with Crippen LogP contribution in [0.1, 0.15) is 38.3 Å². The van der Waals surface area contributed by atoms with Crippen LogP contribution in [0, 0.1) is 5.92 Å². The number of hydrogen-bond acceptors (Lipinski definition) is 2. The predicted molar refractivity (Wildman–Crippen MR) is 70.5 cm³/mol. The summed E-state index contributed by atoms with van der Waals surface area (Å²) in [5.74, 6) is 0.139. The van der Waals surface area contributed by atoms with Crippen LogP contribution in [0.4, 0.5) is 0 Å². The number of hydrogen-bond donors (Lipinski definition) is 2. The molecule has 94 valence electrons. The second-order valence-electron chi connectivity index (χ2n) is 4.32. The minimum absolute atomic E-state index is 0.0335. The van der Waals surface area contributed by atoms with Gasteiger partial charge in [0.25, 0.3) is 0 Å². The number of nitrogens with two attached hydrogens (primary N) is 1. The highest BCUT2D eigenvalue weighted by Crippen LogP contribution is 2.14. The standard InChI is InChI=1S/C14H22N2O/c1-3-12(9-10-15)14(17)16-11(2)13-7-5-4-6-8-13/h4-8,11-12H,3,9-10,15H2,1-2H3,(H,16,17). The Hall–Kier alpha value is -1.35. The molecule has 1 aromatic carbocycles. The average Bonchev–Trinajstić information content (AvgIpc) is 2.36. The highest BCUT2D eigenvalue weighted by molar-refractivity contribution is 5.79. The first-order valence-electron chi connectivity index (χ1n) is 6.24. The summed E-state index contributed by atoms with van der Waals surface area (Å²) in [7, 11) is 0. The molecule has 0 radical (unpaired) electrons. The molecule has 0 spiro atoms. The Bertz CT molecular complexity index is 337. The number of benzene rings is 1. The molecule has 3 heteroatoms. The first-order valence-corrected chi connectivity index (χ1v) is 6.24. The first kappa shape index (κ1) is 13.7. The molecule has 1 amide bonds. The van der Waals surface area contributed by atoms with E-state index in [1.165, 1.54) is 0 Å². The van der Waals surface area contributed by atoms with Crippen LogP contribution in [0.15, 0.2) is 30.3 Å². The topological polar surface area (TPSA) is 55.1 Å². The lowest BCUT2D eigenvalue weighted by atomic mass is 10.0. The van der Waals surface area contributed by atoms with E-state index in [2.05, 4.69) is 5.32 Å². The van der Waals surface area contributed by atoms with E-state index in [-0.39, 0.29) is 17.9 Å². The zero-order valence-corrected chi connectivity index (χ0v) is 10.6. The largest absolute Gasteiger partial charge is 0.349 e. The Balaban J connectivity index is 2.56. The van der Waals surface area contributed by atoms with Gasteiger partial charge in [-0.2, -0.15) is 0 Å². The summed E-state index contributed by atoms with van der Waals surface area (Å²) in [6.07, 6.45) is 1.59. The molecule has 0 aliphatic rings. The molecule has 17 heavy (non-hydrogen) atoms.